The molecule has 3 heterocycles. The van der Waals surface area contributed by atoms with Gasteiger partial charge in [0.2, 0.25) is 5.91 Å². The molecule has 0 unspecified atom stereocenters. The number of oxazole rings is 1. The molecule has 35 heavy (non-hydrogen) atoms. The van der Waals surface area contributed by atoms with Crippen LogP contribution in [-0.2, 0) is 19.1 Å². The number of carbonyl (C=O) groups excluding carboxylic acids is 2. The zero-order valence-corrected chi connectivity index (χ0v) is 21.2. The van der Waals surface area contributed by atoms with Gasteiger partial charge in [-0.2, -0.15) is 0 Å². The van der Waals surface area contributed by atoms with Crippen LogP contribution in [0.2, 0.25) is 0 Å². The lowest BCUT2D eigenvalue weighted by Gasteiger charge is -2.34. The van der Waals surface area contributed by atoms with E-state index in [1.807, 2.05) is 6.92 Å². The fraction of sp³-hybridized carbons (Fsp3) is 0.720. The Morgan fingerprint density at radius 3 is 2.57 bits per heavy atom. The Labute approximate surface area is 205 Å². The van der Waals surface area contributed by atoms with E-state index in [-0.39, 0.29) is 24.8 Å². The summed E-state index contributed by atoms with van der Waals surface area (Å²) in [4.78, 5) is 30.0. The molecule has 0 saturated carbocycles. The molecule has 196 valence electrons. The van der Waals surface area contributed by atoms with E-state index in [9.17, 15) is 19.8 Å². The molecule has 1 aromatic rings. The molecule has 3 N–H and O–H groups in total. The van der Waals surface area contributed by atoms with Gasteiger partial charge in [-0.15, -0.1) is 0 Å². The third-order valence-electron chi connectivity index (χ3n) is 7.31. The lowest BCUT2D eigenvalue weighted by molar-refractivity contribution is -0.146. The molecule has 2 aliphatic rings. The van der Waals surface area contributed by atoms with Gasteiger partial charge in [-0.05, 0) is 13.8 Å². The lowest BCUT2D eigenvalue weighted by Crippen LogP contribution is -2.48. The molecule has 2 saturated heterocycles. The smallest absolute Gasteiger partial charge is 0.223 e. The Balaban J connectivity index is 1.85. The summed E-state index contributed by atoms with van der Waals surface area (Å²) in [7, 11) is 0. The summed E-state index contributed by atoms with van der Waals surface area (Å²) >= 11 is 0. The van der Waals surface area contributed by atoms with Crippen LogP contribution in [0.1, 0.15) is 65.5 Å². The Hall–Kier alpha value is -2.14. The Bertz CT molecular complexity index is 961. The molecule has 1 amide bonds. The maximum atomic E-state index is 15.3. The van der Waals surface area contributed by atoms with Crippen LogP contribution in [0.3, 0.4) is 0 Å². The Kier molecular flexibility index (Phi) is 8.20. The number of aliphatic hydroxyl groups is 2. The quantitative estimate of drug-likeness (QED) is 0.532. The van der Waals surface area contributed by atoms with Crippen LogP contribution < -0.4 is 5.32 Å². The standard InChI is InChI=1S/C25H37FN2O7/c1-13-22(31)14(2)33-8-7-25(6)20(35-25)10-18(17(26)9-16-12-34-15(3)27-16)28-21(30)11-19(29)24(4,5)23(13)32/h9,12-14,18-20,22,29,31H,7-8,10-11H2,1-6H3,(H,28,30)/t13-,14-,18+,19+,20+,22+,25-/m1/s1. The van der Waals surface area contributed by atoms with Crippen molar-refractivity contribution in [1.82, 2.24) is 10.3 Å². The van der Waals surface area contributed by atoms with Crippen LogP contribution in [0.15, 0.2) is 16.5 Å². The van der Waals surface area contributed by atoms with Crippen molar-refractivity contribution in [3.63, 3.8) is 0 Å². The number of aromatic nitrogens is 1. The molecule has 2 aliphatic heterocycles. The summed E-state index contributed by atoms with van der Waals surface area (Å²) in [5.41, 5.74) is -1.62. The third kappa shape index (κ3) is 6.35. The first-order chi connectivity index (χ1) is 16.2. The number of hydrogen-bond acceptors (Lipinski definition) is 8. The number of Topliss-reactive ketones (excluding diaryl/α,β-unsaturated/α-hetero) is 1. The number of aliphatic hydroxyl groups excluding tert-OH is 2. The minimum atomic E-state index is -1.35. The van der Waals surface area contributed by atoms with Crippen LogP contribution >= 0.6 is 0 Å². The number of ether oxygens (including phenoxy) is 2. The first-order valence-electron chi connectivity index (χ1n) is 12.0. The van der Waals surface area contributed by atoms with Gasteiger partial charge in [0.05, 0.1) is 47.9 Å². The molecule has 1 aromatic heterocycles. The molecule has 10 heteroatoms. The van der Waals surface area contributed by atoms with Crippen LogP contribution in [0, 0.1) is 18.3 Å². The van der Waals surface area contributed by atoms with E-state index in [1.165, 1.54) is 26.2 Å². The Morgan fingerprint density at radius 1 is 1.26 bits per heavy atom. The minimum absolute atomic E-state index is 0.162. The van der Waals surface area contributed by atoms with Gasteiger partial charge in [-0.1, -0.05) is 20.8 Å². The predicted octanol–water partition coefficient (Wildman–Crippen LogP) is 2.48. The topological polar surface area (TPSA) is 134 Å². The van der Waals surface area contributed by atoms with E-state index < -0.39 is 65.2 Å². The number of nitrogens with one attached hydrogen (secondary N) is 1. The number of halogens is 1. The largest absolute Gasteiger partial charge is 0.449 e. The fourth-order valence-electron chi connectivity index (χ4n) is 4.49. The second-order valence-electron chi connectivity index (χ2n) is 10.5. The van der Waals surface area contributed by atoms with Gasteiger partial charge in [-0.3, -0.25) is 9.59 Å². The summed E-state index contributed by atoms with van der Waals surface area (Å²) < 4.78 is 32.0. The summed E-state index contributed by atoms with van der Waals surface area (Å²) in [5.74, 6) is -2.08. The summed E-state index contributed by atoms with van der Waals surface area (Å²) in [5, 5.41) is 24.1. The summed E-state index contributed by atoms with van der Waals surface area (Å²) in [6, 6.07) is -1.02. The monoisotopic (exact) mass is 496 g/mol. The van der Waals surface area contributed by atoms with E-state index in [0.717, 1.165) is 0 Å². The van der Waals surface area contributed by atoms with E-state index in [1.54, 1.807) is 20.8 Å². The van der Waals surface area contributed by atoms with Crippen LogP contribution in [0.25, 0.3) is 6.08 Å². The van der Waals surface area contributed by atoms with Crippen molar-refractivity contribution in [2.24, 2.45) is 11.3 Å². The highest BCUT2D eigenvalue weighted by Gasteiger charge is 2.53. The lowest BCUT2D eigenvalue weighted by atomic mass is 9.74. The molecule has 2 fully saturated rings. The van der Waals surface area contributed by atoms with Gasteiger partial charge in [0.15, 0.2) is 5.89 Å². The first kappa shape index (κ1) is 27.4. The second-order valence-corrected chi connectivity index (χ2v) is 10.5. The SMILES string of the molecule is Cc1nc(C=C(F)[C@@H]2C[C@@H]3O[C@]3(C)CCO[C@H](C)[C@@H](O)[C@@H](C)C(=O)C(C)(C)[C@@H](O)CC(=O)N2)co1. The van der Waals surface area contributed by atoms with Crippen molar-refractivity contribution in [1.29, 1.82) is 0 Å². The van der Waals surface area contributed by atoms with E-state index in [0.29, 0.717) is 12.3 Å². The van der Waals surface area contributed by atoms with Gasteiger partial charge in [0, 0.05) is 38.4 Å². The summed E-state index contributed by atoms with van der Waals surface area (Å²) in [6.07, 6.45) is -0.630. The number of amides is 1. The zero-order chi connectivity index (χ0) is 26.1. The van der Waals surface area contributed by atoms with E-state index >= 15 is 4.39 Å². The van der Waals surface area contributed by atoms with Crippen molar-refractivity contribution in [3.8, 4) is 0 Å². The second kappa shape index (κ2) is 10.5. The highest BCUT2D eigenvalue weighted by molar-refractivity contribution is 5.88. The number of ketones is 1. The van der Waals surface area contributed by atoms with Crippen molar-refractivity contribution < 1.29 is 38.1 Å². The molecule has 0 radical (unpaired) electrons. The Morgan fingerprint density at radius 2 is 1.94 bits per heavy atom. The minimum Gasteiger partial charge on any atom is -0.449 e. The highest BCUT2D eigenvalue weighted by atomic mass is 19.1. The number of nitrogens with zero attached hydrogens (tertiary/aromatic N) is 1. The van der Waals surface area contributed by atoms with Crippen molar-refractivity contribution >= 4 is 17.8 Å². The maximum Gasteiger partial charge on any atom is 0.223 e. The van der Waals surface area contributed by atoms with Crippen LogP contribution in [0.4, 0.5) is 4.39 Å². The number of rotatable bonds is 2. The number of fused-ring (bicyclic) bond motifs is 1. The van der Waals surface area contributed by atoms with Crippen LogP contribution in [-0.4, -0.2) is 69.6 Å². The van der Waals surface area contributed by atoms with Crippen molar-refractivity contribution in [3.05, 3.63) is 23.7 Å². The molecule has 0 spiro atoms. The summed E-state index contributed by atoms with van der Waals surface area (Å²) in [6.45, 7) is 10.1. The van der Waals surface area contributed by atoms with Gasteiger partial charge in [0.25, 0.3) is 0 Å². The molecular formula is C25H37FN2O7. The number of epoxide rings is 1. The van der Waals surface area contributed by atoms with Gasteiger partial charge < -0.3 is 29.4 Å². The number of carbonyl (C=O) groups is 2. The zero-order valence-electron chi connectivity index (χ0n) is 21.2. The normalized spacial score (nSPS) is 37.5. The van der Waals surface area contributed by atoms with E-state index in [4.69, 9.17) is 13.9 Å². The average molecular weight is 497 g/mol. The third-order valence-corrected chi connectivity index (χ3v) is 7.31. The van der Waals surface area contributed by atoms with Crippen LogP contribution in [0.5, 0.6) is 0 Å². The number of hydrogen-bond donors (Lipinski definition) is 3. The highest BCUT2D eigenvalue weighted by Crippen LogP contribution is 2.43. The molecule has 0 bridgehead atoms. The average Bonchev–Trinajstić information content (AvgIpc) is 3.22. The maximum absolute atomic E-state index is 15.3. The fourth-order valence-corrected chi connectivity index (χ4v) is 4.49. The molecule has 0 aromatic carbocycles. The molecule has 0 aliphatic carbocycles. The predicted molar refractivity (Wildman–Crippen MR) is 125 cm³/mol. The van der Waals surface area contributed by atoms with Crippen molar-refractivity contribution in [2.45, 2.75) is 96.9 Å². The molecule has 7 atom stereocenters. The molecule has 9 nitrogen and oxygen atoms in total. The van der Waals surface area contributed by atoms with Crippen molar-refractivity contribution in [2.75, 3.05) is 6.61 Å². The van der Waals surface area contributed by atoms with Gasteiger partial charge in [0.1, 0.15) is 23.6 Å². The molecule has 3 rings (SSSR count). The van der Waals surface area contributed by atoms with E-state index in [2.05, 4.69) is 10.3 Å². The molecular weight excluding hydrogens is 459 g/mol. The van der Waals surface area contributed by atoms with Gasteiger partial charge >= 0.3 is 0 Å². The first-order valence-corrected chi connectivity index (χ1v) is 12.0. The number of aryl methyl sites for hydroxylation is 1. The van der Waals surface area contributed by atoms with Gasteiger partial charge in [-0.25, -0.2) is 9.37 Å².